The highest BCUT2D eigenvalue weighted by molar-refractivity contribution is 6.00. The van der Waals surface area contributed by atoms with Gasteiger partial charge in [-0.15, -0.1) is 0 Å². The highest BCUT2D eigenvalue weighted by Crippen LogP contribution is 2.34. The van der Waals surface area contributed by atoms with Gasteiger partial charge < -0.3 is 10.2 Å². The van der Waals surface area contributed by atoms with Crippen molar-refractivity contribution in [3.05, 3.63) is 84.8 Å². The van der Waals surface area contributed by atoms with Gasteiger partial charge in [0.05, 0.1) is 6.20 Å². The van der Waals surface area contributed by atoms with Crippen LogP contribution in [-0.4, -0.2) is 39.8 Å². The first-order chi connectivity index (χ1) is 16.2. The van der Waals surface area contributed by atoms with Crippen LogP contribution in [0.3, 0.4) is 0 Å². The molecule has 2 aromatic heterocycles. The molecule has 0 unspecified atom stereocenters. The molecule has 0 saturated carbocycles. The molecule has 5 nitrogen and oxygen atoms in total. The van der Waals surface area contributed by atoms with Gasteiger partial charge in [-0.25, -0.2) is 9.50 Å². The lowest BCUT2D eigenvalue weighted by molar-refractivity contribution is 0.580. The van der Waals surface area contributed by atoms with E-state index in [-0.39, 0.29) is 0 Å². The van der Waals surface area contributed by atoms with Crippen LogP contribution in [0.25, 0.3) is 38.7 Å². The molecule has 2 saturated heterocycles. The maximum Gasteiger partial charge on any atom is 0.162 e. The largest absolute Gasteiger partial charge is 0.366 e. The van der Waals surface area contributed by atoms with Crippen LogP contribution in [0, 0.1) is 6.92 Å². The number of hydrogen-bond donors (Lipinski definition) is 1. The van der Waals surface area contributed by atoms with E-state index in [0.717, 1.165) is 35.4 Å². The van der Waals surface area contributed by atoms with Gasteiger partial charge in [0.1, 0.15) is 0 Å². The zero-order valence-corrected chi connectivity index (χ0v) is 18.6. The highest BCUT2D eigenvalue weighted by atomic mass is 15.3. The second-order valence-electron chi connectivity index (χ2n) is 9.34. The van der Waals surface area contributed by atoms with Crippen molar-refractivity contribution >= 4 is 22.1 Å². The van der Waals surface area contributed by atoms with Gasteiger partial charge in [0.25, 0.3) is 0 Å². The molecule has 5 heteroatoms. The number of benzene rings is 3. The number of anilines is 1. The van der Waals surface area contributed by atoms with Gasteiger partial charge in [-0.2, -0.15) is 5.10 Å². The van der Waals surface area contributed by atoms with Crippen LogP contribution in [0.4, 0.5) is 5.69 Å². The predicted molar refractivity (Wildman–Crippen MR) is 134 cm³/mol. The lowest BCUT2D eigenvalue weighted by Gasteiger charge is -2.29. The summed E-state index contributed by atoms with van der Waals surface area (Å²) in [6.45, 7) is 4.37. The Kier molecular flexibility index (Phi) is 4.08. The summed E-state index contributed by atoms with van der Waals surface area (Å²) in [6.07, 6.45) is 7.25. The quantitative estimate of drug-likeness (QED) is 0.433. The van der Waals surface area contributed by atoms with E-state index < -0.39 is 0 Å². The fourth-order valence-corrected chi connectivity index (χ4v) is 5.64. The second kappa shape index (κ2) is 7.15. The number of piperazine rings is 1. The first kappa shape index (κ1) is 18.8. The normalized spacial score (nSPS) is 19.7. The summed E-state index contributed by atoms with van der Waals surface area (Å²) in [5.74, 6) is 0. The third kappa shape index (κ3) is 2.96. The van der Waals surface area contributed by atoms with Crippen LogP contribution in [0.5, 0.6) is 0 Å². The van der Waals surface area contributed by atoms with Crippen LogP contribution < -0.4 is 10.2 Å². The summed E-state index contributed by atoms with van der Waals surface area (Å²) < 4.78 is 1.90. The van der Waals surface area contributed by atoms with Gasteiger partial charge in [0.2, 0.25) is 0 Å². The lowest BCUT2D eigenvalue weighted by atomic mass is 9.97. The number of nitrogens with one attached hydrogen (secondary N) is 1. The molecule has 2 aliphatic heterocycles. The van der Waals surface area contributed by atoms with Crippen molar-refractivity contribution in [3.63, 3.8) is 0 Å². The Morgan fingerprint density at radius 1 is 0.879 bits per heavy atom. The van der Waals surface area contributed by atoms with Crippen molar-refractivity contribution in [1.82, 2.24) is 19.9 Å². The fraction of sp³-hybridized carbons (Fsp3) is 0.214. The molecular formula is C28H25N5. The zero-order chi connectivity index (χ0) is 21.9. The van der Waals surface area contributed by atoms with Crippen LogP contribution >= 0.6 is 0 Å². The Morgan fingerprint density at radius 2 is 1.73 bits per heavy atom. The summed E-state index contributed by atoms with van der Waals surface area (Å²) in [5, 5.41) is 10.7. The molecule has 2 bridgehead atoms. The minimum atomic E-state index is 0.638. The van der Waals surface area contributed by atoms with Crippen LogP contribution in [-0.2, 0) is 0 Å². The molecule has 162 valence electrons. The van der Waals surface area contributed by atoms with E-state index in [1.807, 2.05) is 16.9 Å². The molecule has 7 rings (SSSR count). The summed E-state index contributed by atoms with van der Waals surface area (Å²) in [7, 11) is 0. The standard InChI is InChI=1S/C28H25N5/c1-18-4-2-6-25-24(18)5-3-7-26(25)27-15-31-33-16-20(13-30-28(27)33)19-8-10-22(11-9-19)32-17-21-12-23(32)14-29-21/h2-11,13,15-16,21,23,29H,12,14,17H2,1H3/t21-,23-/m0/s1. The van der Waals surface area contributed by atoms with Gasteiger partial charge in [0.15, 0.2) is 5.65 Å². The molecule has 2 aliphatic rings. The van der Waals surface area contributed by atoms with Gasteiger partial charge in [-0.3, -0.25) is 0 Å². The summed E-state index contributed by atoms with van der Waals surface area (Å²) >= 11 is 0. The second-order valence-corrected chi connectivity index (χ2v) is 9.34. The Hall–Kier alpha value is -3.70. The van der Waals surface area contributed by atoms with Gasteiger partial charge in [-0.1, -0.05) is 48.5 Å². The lowest BCUT2D eigenvalue weighted by Crippen LogP contribution is -2.43. The molecule has 4 heterocycles. The first-order valence-corrected chi connectivity index (χ1v) is 11.7. The van der Waals surface area contributed by atoms with E-state index in [0.29, 0.717) is 12.1 Å². The molecule has 3 aromatic carbocycles. The minimum absolute atomic E-state index is 0.638. The molecule has 33 heavy (non-hydrogen) atoms. The van der Waals surface area contributed by atoms with Crippen LogP contribution in [0.15, 0.2) is 79.3 Å². The number of nitrogens with zero attached hydrogens (tertiary/aromatic N) is 4. The van der Waals surface area contributed by atoms with E-state index in [2.05, 4.69) is 89.1 Å². The van der Waals surface area contributed by atoms with E-state index in [4.69, 9.17) is 4.98 Å². The number of aromatic nitrogens is 3. The number of rotatable bonds is 3. The van der Waals surface area contributed by atoms with Gasteiger partial charge >= 0.3 is 0 Å². The van der Waals surface area contributed by atoms with Gasteiger partial charge in [0, 0.05) is 54.4 Å². The molecule has 0 aliphatic carbocycles. The van der Waals surface area contributed by atoms with Crippen molar-refractivity contribution < 1.29 is 0 Å². The fourth-order valence-electron chi connectivity index (χ4n) is 5.64. The smallest absolute Gasteiger partial charge is 0.162 e. The average molecular weight is 432 g/mol. The van der Waals surface area contributed by atoms with Crippen molar-refractivity contribution in [2.75, 3.05) is 18.0 Å². The van der Waals surface area contributed by atoms with Gasteiger partial charge in [-0.05, 0) is 52.9 Å². The van der Waals surface area contributed by atoms with Crippen LogP contribution in [0.1, 0.15) is 12.0 Å². The molecular weight excluding hydrogens is 406 g/mol. The predicted octanol–water partition coefficient (Wildman–Crippen LogP) is 5.08. The Morgan fingerprint density at radius 3 is 2.55 bits per heavy atom. The van der Waals surface area contributed by atoms with Crippen molar-refractivity contribution in [3.8, 4) is 22.3 Å². The monoisotopic (exact) mass is 431 g/mol. The van der Waals surface area contributed by atoms with E-state index in [1.54, 1.807) is 0 Å². The summed E-state index contributed by atoms with van der Waals surface area (Å²) in [6, 6.07) is 23.1. The molecule has 5 aromatic rings. The Labute approximate surface area is 192 Å². The van der Waals surface area contributed by atoms with Crippen molar-refractivity contribution in [1.29, 1.82) is 0 Å². The third-order valence-electron chi connectivity index (χ3n) is 7.38. The summed E-state index contributed by atoms with van der Waals surface area (Å²) in [4.78, 5) is 7.38. The molecule has 0 radical (unpaired) electrons. The molecule has 1 N–H and O–H groups in total. The highest BCUT2D eigenvalue weighted by Gasteiger charge is 2.37. The average Bonchev–Trinajstić information content (AvgIpc) is 3.60. The SMILES string of the molecule is Cc1cccc2c(-c3cnn4cc(-c5ccc(N6C[C@@H]7C[C@H]6CN7)cc5)cnc34)cccc12. The van der Waals surface area contributed by atoms with E-state index in [9.17, 15) is 0 Å². The zero-order valence-electron chi connectivity index (χ0n) is 18.6. The number of aryl methyl sites for hydroxylation is 1. The topological polar surface area (TPSA) is 45.5 Å². The third-order valence-corrected chi connectivity index (χ3v) is 7.38. The molecule has 0 spiro atoms. The Balaban J connectivity index is 1.24. The minimum Gasteiger partial charge on any atom is -0.366 e. The Bertz CT molecular complexity index is 1500. The van der Waals surface area contributed by atoms with Crippen molar-refractivity contribution in [2.45, 2.75) is 25.4 Å². The summed E-state index contributed by atoms with van der Waals surface area (Å²) in [5.41, 5.74) is 7.94. The number of hydrogen-bond acceptors (Lipinski definition) is 4. The molecule has 0 amide bonds. The van der Waals surface area contributed by atoms with E-state index in [1.165, 1.54) is 34.0 Å². The van der Waals surface area contributed by atoms with E-state index >= 15 is 0 Å². The maximum absolute atomic E-state index is 4.84. The number of fused-ring (bicyclic) bond motifs is 4. The molecule has 2 fully saturated rings. The maximum atomic E-state index is 4.84. The first-order valence-electron chi connectivity index (χ1n) is 11.7. The van der Waals surface area contributed by atoms with Crippen LogP contribution in [0.2, 0.25) is 0 Å². The van der Waals surface area contributed by atoms with Crippen molar-refractivity contribution in [2.24, 2.45) is 0 Å². The molecule has 2 atom stereocenters.